The van der Waals surface area contributed by atoms with Gasteiger partial charge < -0.3 is 15.0 Å². The van der Waals surface area contributed by atoms with Crippen LogP contribution < -0.4 is 10.2 Å². The molecular formula is C13H20N4O2. The van der Waals surface area contributed by atoms with Gasteiger partial charge in [0.2, 0.25) is 5.91 Å². The van der Waals surface area contributed by atoms with E-state index < -0.39 is 5.41 Å². The van der Waals surface area contributed by atoms with Crippen LogP contribution in [0.15, 0.2) is 12.1 Å². The van der Waals surface area contributed by atoms with Crippen molar-refractivity contribution in [2.24, 2.45) is 5.41 Å². The van der Waals surface area contributed by atoms with Gasteiger partial charge in [-0.25, -0.2) is 0 Å². The second-order valence-electron chi connectivity index (χ2n) is 5.58. The molecule has 19 heavy (non-hydrogen) atoms. The van der Waals surface area contributed by atoms with Crippen molar-refractivity contribution >= 4 is 17.5 Å². The van der Waals surface area contributed by atoms with Crippen LogP contribution in [0.25, 0.3) is 0 Å². The first-order valence-electron chi connectivity index (χ1n) is 6.45. The number of hydrogen-bond donors (Lipinski definition) is 1. The number of carbonyl (C=O) groups is 1. The molecular weight excluding hydrogens is 244 g/mol. The monoisotopic (exact) mass is 264 g/mol. The predicted octanol–water partition coefficient (Wildman–Crippen LogP) is 1.30. The van der Waals surface area contributed by atoms with Gasteiger partial charge in [-0.05, 0) is 12.1 Å². The fourth-order valence-corrected chi connectivity index (χ4v) is 1.66. The van der Waals surface area contributed by atoms with E-state index in [4.69, 9.17) is 4.74 Å². The third-order valence-corrected chi connectivity index (χ3v) is 2.91. The molecule has 0 atom stereocenters. The average molecular weight is 264 g/mol. The zero-order valence-electron chi connectivity index (χ0n) is 11.6. The Morgan fingerprint density at radius 3 is 2.47 bits per heavy atom. The zero-order valence-corrected chi connectivity index (χ0v) is 11.6. The molecule has 1 aliphatic rings. The number of ether oxygens (including phenoxy) is 1. The van der Waals surface area contributed by atoms with E-state index in [1.165, 1.54) is 0 Å². The Balaban J connectivity index is 2.00. The highest BCUT2D eigenvalue weighted by atomic mass is 16.5. The molecule has 1 aromatic rings. The number of hydrogen-bond acceptors (Lipinski definition) is 5. The van der Waals surface area contributed by atoms with Crippen LogP contribution >= 0.6 is 0 Å². The summed E-state index contributed by atoms with van der Waals surface area (Å²) in [4.78, 5) is 13.9. The summed E-state index contributed by atoms with van der Waals surface area (Å²) in [5.41, 5.74) is -0.440. The number of nitrogens with one attached hydrogen (secondary N) is 1. The summed E-state index contributed by atoms with van der Waals surface area (Å²) in [6, 6.07) is 3.65. The average Bonchev–Trinajstić information content (AvgIpc) is 2.39. The third-order valence-electron chi connectivity index (χ3n) is 2.91. The third kappa shape index (κ3) is 3.64. The van der Waals surface area contributed by atoms with Gasteiger partial charge in [-0.1, -0.05) is 20.8 Å². The highest BCUT2D eigenvalue weighted by molar-refractivity contribution is 5.93. The van der Waals surface area contributed by atoms with E-state index in [0.717, 1.165) is 18.9 Å². The second kappa shape index (κ2) is 5.52. The summed E-state index contributed by atoms with van der Waals surface area (Å²) in [6.07, 6.45) is 0. The van der Waals surface area contributed by atoms with E-state index in [2.05, 4.69) is 20.4 Å². The van der Waals surface area contributed by atoms with Crippen molar-refractivity contribution in [3.05, 3.63) is 12.1 Å². The van der Waals surface area contributed by atoms with Crippen LogP contribution in [0.2, 0.25) is 0 Å². The smallest absolute Gasteiger partial charge is 0.230 e. The molecule has 0 aromatic carbocycles. The molecule has 104 valence electrons. The SMILES string of the molecule is CC(C)(C)C(=O)Nc1ccc(N2CCOCC2)nn1. The van der Waals surface area contributed by atoms with Crippen molar-refractivity contribution in [1.29, 1.82) is 0 Å². The summed E-state index contributed by atoms with van der Waals surface area (Å²) in [7, 11) is 0. The minimum absolute atomic E-state index is 0.0686. The molecule has 0 aliphatic carbocycles. The molecule has 0 radical (unpaired) electrons. The largest absolute Gasteiger partial charge is 0.378 e. The molecule has 1 fully saturated rings. The summed E-state index contributed by atoms with van der Waals surface area (Å²) in [6.45, 7) is 8.65. The molecule has 0 bridgehead atoms. The first-order chi connectivity index (χ1) is 8.97. The van der Waals surface area contributed by atoms with Gasteiger partial charge in [0, 0.05) is 18.5 Å². The normalized spacial score (nSPS) is 16.3. The van der Waals surface area contributed by atoms with Gasteiger partial charge in [-0.2, -0.15) is 0 Å². The van der Waals surface area contributed by atoms with Crippen molar-refractivity contribution < 1.29 is 9.53 Å². The molecule has 1 saturated heterocycles. The fourth-order valence-electron chi connectivity index (χ4n) is 1.66. The maximum atomic E-state index is 11.8. The van der Waals surface area contributed by atoms with Crippen LogP contribution in [0.5, 0.6) is 0 Å². The van der Waals surface area contributed by atoms with Crippen molar-refractivity contribution in [2.45, 2.75) is 20.8 Å². The van der Waals surface area contributed by atoms with Crippen LogP contribution in [0.1, 0.15) is 20.8 Å². The van der Waals surface area contributed by atoms with Crippen molar-refractivity contribution in [3.63, 3.8) is 0 Å². The van der Waals surface area contributed by atoms with Crippen LogP contribution in [0.3, 0.4) is 0 Å². The predicted molar refractivity (Wildman–Crippen MR) is 73.1 cm³/mol. The molecule has 2 heterocycles. The highest BCUT2D eigenvalue weighted by Gasteiger charge is 2.21. The summed E-state index contributed by atoms with van der Waals surface area (Å²) < 4.78 is 5.29. The number of aromatic nitrogens is 2. The molecule has 0 spiro atoms. The van der Waals surface area contributed by atoms with Crippen LogP contribution in [0, 0.1) is 5.41 Å². The minimum Gasteiger partial charge on any atom is -0.378 e. The van der Waals surface area contributed by atoms with E-state index in [1.807, 2.05) is 26.8 Å². The van der Waals surface area contributed by atoms with Crippen LogP contribution in [-0.4, -0.2) is 42.4 Å². The summed E-state index contributed by atoms with van der Waals surface area (Å²) in [5.74, 6) is 1.23. The number of rotatable bonds is 2. The van der Waals surface area contributed by atoms with Gasteiger partial charge in [0.25, 0.3) is 0 Å². The summed E-state index contributed by atoms with van der Waals surface area (Å²) >= 11 is 0. The quantitative estimate of drug-likeness (QED) is 0.872. The highest BCUT2D eigenvalue weighted by Crippen LogP contribution is 2.17. The van der Waals surface area contributed by atoms with Gasteiger partial charge in [0.05, 0.1) is 13.2 Å². The van der Waals surface area contributed by atoms with Gasteiger partial charge in [-0.3, -0.25) is 4.79 Å². The minimum atomic E-state index is -0.440. The maximum Gasteiger partial charge on any atom is 0.230 e. The number of nitrogens with zero attached hydrogens (tertiary/aromatic N) is 3. The van der Waals surface area contributed by atoms with E-state index in [9.17, 15) is 4.79 Å². The lowest BCUT2D eigenvalue weighted by molar-refractivity contribution is -0.123. The second-order valence-corrected chi connectivity index (χ2v) is 5.58. The molecule has 2 rings (SSSR count). The number of anilines is 2. The van der Waals surface area contributed by atoms with E-state index in [1.54, 1.807) is 6.07 Å². The molecule has 0 saturated carbocycles. The molecule has 1 aliphatic heterocycles. The van der Waals surface area contributed by atoms with Gasteiger partial charge in [0.1, 0.15) is 0 Å². The number of carbonyl (C=O) groups excluding carboxylic acids is 1. The lowest BCUT2D eigenvalue weighted by atomic mass is 9.96. The molecule has 1 N–H and O–H groups in total. The summed E-state index contributed by atoms with van der Waals surface area (Å²) in [5, 5.41) is 10.9. The first kappa shape index (κ1) is 13.7. The van der Waals surface area contributed by atoms with Gasteiger partial charge in [0.15, 0.2) is 11.6 Å². The Kier molecular flexibility index (Phi) is 3.99. The van der Waals surface area contributed by atoms with Gasteiger partial charge >= 0.3 is 0 Å². The number of morpholine rings is 1. The molecule has 1 aromatic heterocycles. The Hall–Kier alpha value is -1.69. The lowest BCUT2D eigenvalue weighted by Crippen LogP contribution is -2.37. The lowest BCUT2D eigenvalue weighted by Gasteiger charge is -2.27. The van der Waals surface area contributed by atoms with E-state index in [0.29, 0.717) is 19.0 Å². The topological polar surface area (TPSA) is 67.4 Å². The standard InChI is InChI=1S/C13H20N4O2/c1-13(2,3)12(18)14-10-4-5-11(16-15-10)17-6-8-19-9-7-17/h4-5H,6-9H2,1-3H3,(H,14,15,18). The van der Waals surface area contributed by atoms with E-state index in [-0.39, 0.29) is 5.91 Å². The molecule has 1 amide bonds. The van der Waals surface area contributed by atoms with Crippen LogP contribution in [0.4, 0.5) is 11.6 Å². The molecule has 6 heteroatoms. The van der Waals surface area contributed by atoms with Crippen molar-refractivity contribution in [3.8, 4) is 0 Å². The van der Waals surface area contributed by atoms with Crippen molar-refractivity contribution in [1.82, 2.24) is 10.2 Å². The zero-order chi connectivity index (χ0) is 13.9. The Bertz CT molecular complexity index is 433. The van der Waals surface area contributed by atoms with E-state index >= 15 is 0 Å². The Morgan fingerprint density at radius 1 is 1.26 bits per heavy atom. The molecule has 6 nitrogen and oxygen atoms in total. The van der Waals surface area contributed by atoms with Gasteiger partial charge in [-0.15, -0.1) is 10.2 Å². The Morgan fingerprint density at radius 2 is 1.95 bits per heavy atom. The van der Waals surface area contributed by atoms with Crippen LogP contribution in [-0.2, 0) is 9.53 Å². The number of amides is 1. The first-order valence-corrected chi connectivity index (χ1v) is 6.45. The maximum absolute atomic E-state index is 11.8. The molecule has 0 unspecified atom stereocenters. The van der Waals surface area contributed by atoms with Crippen molar-refractivity contribution in [2.75, 3.05) is 36.5 Å². The fraction of sp³-hybridized carbons (Fsp3) is 0.615. The Labute approximate surface area is 113 Å².